The maximum Gasteiger partial charge on any atom is 0.241 e. The van der Waals surface area contributed by atoms with Crippen molar-refractivity contribution in [3.8, 4) is 0 Å². The number of rotatable bonds is 8. The van der Waals surface area contributed by atoms with Crippen LogP contribution in [0.15, 0.2) is 83.8 Å². The minimum absolute atomic E-state index is 0.00865. The summed E-state index contributed by atoms with van der Waals surface area (Å²) in [6.07, 6.45) is 0.162. The van der Waals surface area contributed by atoms with Gasteiger partial charge in [-0.2, -0.15) is 4.72 Å². The molecule has 0 radical (unpaired) electrons. The predicted octanol–water partition coefficient (Wildman–Crippen LogP) is 4.25. The van der Waals surface area contributed by atoms with Crippen LogP contribution in [-0.2, 0) is 21.2 Å². The summed E-state index contributed by atoms with van der Waals surface area (Å²) in [5.74, 6) is -0.863. The number of halogens is 2. The Morgan fingerprint density at radius 3 is 2.19 bits per heavy atom. The first-order valence-electron chi connectivity index (χ1n) is 9.62. The highest BCUT2D eigenvalue weighted by atomic mass is 35.5. The molecule has 8 heteroatoms. The van der Waals surface area contributed by atoms with E-state index in [1.54, 1.807) is 19.1 Å². The van der Waals surface area contributed by atoms with Gasteiger partial charge in [-0.05, 0) is 60.9 Å². The molecule has 0 fully saturated rings. The van der Waals surface area contributed by atoms with Crippen molar-refractivity contribution in [2.24, 2.45) is 0 Å². The Hall–Kier alpha value is -2.74. The quantitative estimate of drug-likeness (QED) is 0.527. The van der Waals surface area contributed by atoms with Gasteiger partial charge in [0.05, 0.1) is 10.9 Å². The lowest BCUT2D eigenvalue weighted by molar-refractivity contribution is -0.123. The van der Waals surface area contributed by atoms with Gasteiger partial charge in [0.2, 0.25) is 15.9 Å². The highest BCUT2D eigenvalue weighted by Gasteiger charge is 2.27. The molecule has 0 aliphatic rings. The largest absolute Gasteiger partial charge is 0.348 e. The van der Waals surface area contributed by atoms with Crippen LogP contribution in [0.5, 0.6) is 0 Å². The van der Waals surface area contributed by atoms with E-state index in [0.29, 0.717) is 10.6 Å². The van der Waals surface area contributed by atoms with Crippen molar-refractivity contribution in [2.75, 3.05) is 0 Å². The Morgan fingerprint density at radius 1 is 0.968 bits per heavy atom. The fourth-order valence-electron chi connectivity index (χ4n) is 3.06. The van der Waals surface area contributed by atoms with Crippen LogP contribution in [0, 0.1) is 5.82 Å². The number of benzene rings is 3. The molecular formula is C23H22ClFN2O3S. The first-order chi connectivity index (χ1) is 14.7. The molecule has 0 saturated heterocycles. The molecule has 0 saturated carbocycles. The van der Waals surface area contributed by atoms with E-state index in [1.807, 2.05) is 30.3 Å². The van der Waals surface area contributed by atoms with E-state index < -0.39 is 28.0 Å². The zero-order valence-corrected chi connectivity index (χ0v) is 18.3. The Labute approximate surface area is 186 Å². The van der Waals surface area contributed by atoms with Crippen LogP contribution in [0.4, 0.5) is 4.39 Å². The summed E-state index contributed by atoms with van der Waals surface area (Å²) in [6, 6.07) is 19.1. The van der Waals surface area contributed by atoms with E-state index in [2.05, 4.69) is 10.0 Å². The van der Waals surface area contributed by atoms with Crippen LogP contribution in [0.25, 0.3) is 0 Å². The number of hydrogen-bond donors (Lipinski definition) is 2. The summed E-state index contributed by atoms with van der Waals surface area (Å²) in [5.41, 5.74) is 1.50. The highest BCUT2D eigenvalue weighted by Crippen LogP contribution is 2.17. The summed E-state index contributed by atoms with van der Waals surface area (Å²) in [7, 11) is -3.97. The van der Waals surface area contributed by atoms with Gasteiger partial charge >= 0.3 is 0 Å². The minimum Gasteiger partial charge on any atom is -0.348 e. The number of amides is 1. The maximum absolute atomic E-state index is 13.2. The second-order valence-electron chi connectivity index (χ2n) is 7.10. The summed E-state index contributed by atoms with van der Waals surface area (Å²) in [5, 5.41) is 3.22. The third kappa shape index (κ3) is 6.37. The summed E-state index contributed by atoms with van der Waals surface area (Å²) >= 11 is 5.85. The molecule has 1 amide bonds. The molecule has 5 nitrogen and oxygen atoms in total. The molecular weight excluding hydrogens is 439 g/mol. The lowest BCUT2D eigenvalue weighted by Gasteiger charge is -2.22. The average Bonchev–Trinajstić information content (AvgIpc) is 2.74. The molecule has 0 aliphatic carbocycles. The smallest absolute Gasteiger partial charge is 0.241 e. The van der Waals surface area contributed by atoms with E-state index in [-0.39, 0.29) is 17.1 Å². The molecule has 0 aliphatic heterocycles. The van der Waals surface area contributed by atoms with Crippen molar-refractivity contribution in [3.05, 3.63) is 101 Å². The van der Waals surface area contributed by atoms with Gasteiger partial charge in [-0.15, -0.1) is 0 Å². The van der Waals surface area contributed by atoms with Crippen molar-refractivity contribution in [1.82, 2.24) is 10.0 Å². The van der Waals surface area contributed by atoms with Crippen LogP contribution in [0.3, 0.4) is 0 Å². The summed E-state index contributed by atoms with van der Waals surface area (Å²) in [6.45, 7) is 1.75. The SMILES string of the molecule is C[C@H](NC(=O)[C@@H](Cc1ccccc1)NS(=O)(=O)c1ccc(Cl)cc1)c1ccc(F)cc1. The van der Waals surface area contributed by atoms with Crippen molar-refractivity contribution >= 4 is 27.5 Å². The van der Waals surface area contributed by atoms with Crippen molar-refractivity contribution in [2.45, 2.75) is 30.3 Å². The lowest BCUT2D eigenvalue weighted by Crippen LogP contribution is -2.48. The topological polar surface area (TPSA) is 75.3 Å². The molecule has 3 rings (SSSR count). The molecule has 162 valence electrons. The monoisotopic (exact) mass is 460 g/mol. The average molecular weight is 461 g/mol. The van der Waals surface area contributed by atoms with Gasteiger partial charge < -0.3 is 5.32 Å². The highest BCUT2D eigenvalue weighted by molar-refractivity contribution is 7.89. The Morgan fingerprint density at radius 2 is 1.58 bits per heavy atom. The summed E-state index contributed by atoms with van der Waals surface area (Å²) < 4.78 is 41.4. The number of carbonyl (C=O) groups excluding carboxylic acids is 1. The molecule has 0 bridgehead atoms. The third-order valence-electron chi connectivity index (χ3n) is 4.75. The van der Waals surface area contributed by atoms with Gasteiger partial charge in [0.1, 0.15) is 11.9 Å². The first-order valence-corrected chi connectivity index (χ1v) is 11.5. The van der Waals surface area contributed by atoms with Gasteiger partial charge in [-0.25, -0.2) is 12.8 Å². The van der Waals surface area contributed by atoms with Crippen LogP contribution in [0.1, 0.15) is 24.1 Å². The fourth-order valence-corrected chi connectivity index (χ4v) is 4.38. The van der Waals surface area contributed by atoms with Gasteiger partial charge in [0.25, 0.3) is 0 Å². The molecule has 0 spiro atoms. The van der Waals surface area contributed by atoms with Crippen LogP contribution >= 0.6 is 11.6 Å². The van der Waals surface area contributed by atoms with Crippen molar-refractivity contribution < 1.29 is 17.6 Å². The second kappa shape index (κ2) is 10.0. The normalized spacial score (nSPS) is 13.4. The van der Waals surface area contributed by atoms with Crippen LogP contribution < -0.4 is 10.0 Å². The van der Waals surface area contributed by atoms with Crippen molar-refractivity contribution in [3.63, 3.8) is 0 Å². The Balaban J connectivity index is 1.82. The Bertz CT molecular complexity index is 1120. The van der Waals surface area contributed by atoms with Crippen molar-refractivity contribution in [1.29, 1.82) is 0 Å². The van der Waals surface area contributed by atoms with Crippen LogP contribution in [0.2, 0.25) is 5.02 Å². The molecule has 0 aromatic heterocycles. The number of carbonyl (C=O) groups is 1. The second-order valence-corrected chi connectivity index (χ2v) is 9.25. The molecule has 2 N–H and O–H groups in total. The third-order valence-corrected chi connectivity index (χ3v) is 6.49. The zero-order chi connectivity index (χ0) is 22.4. The van der Waals surface area contributed by atoms with Gasteiger partial charge in [-0.1, -0.05) is 54.1 Å². The first kappa shape index (κ1) is 22.9. The lowest BCUT2D eigenvalue weighted by atomic mass is 10.0. The zero-order valence-electron chi connectivity index (χ0n) is 16.8. The van der Waals surface area contributed by atoms with Gasteiger partial charge in [0, 0.05) is 5.02 Å². The standard InChI is InChI=1S/C23H22ClFN2O3S/c1-16(18-7-11-20(25)12-8-18)26-23(28)22(15-17-5-3-2-4-6-17)27-31(29,30)21-13-9-19(24)10-14-21/h2-14,16,22,27H,15H2,1H3,(H,26,28)/t16-,22+/m0/s1. The van der Waals surface area contributed by atoms with E-state index in [0.717, 1.165) is 5.56 Å². The number of sulfonamides is 1. The van der Waals surface area contributed by atoms with E-state index >= 15 is 0 Å². The predicted molar refractivity (Wildman–Crippen MR) is 119 cm³/mol. The molecule has 0 unspecified atom stereocenters. The summed E-state index contributed by atoms with van der Waals surface area (Å²) in [4.78, 5) is 13.0. The Kier molecular flexibility index (Phi) is 7.43. The minimum atomic E-state index is -3.97. The molecule has 2 atom stereocenters. The van der Waals surface area contributed by atoms with E-state index in [1.165, 1.54) is 36.4 Å². The van der Waals surface area contributed by atoms with E-state index in [9.17, 15) is 17.6 Å². The molecule has 0 heterocycles. The van der Waals surface area contributed by atoms with E-state index in [4.69, 9.17) is 11.6 Å². The van der Waals surface area contributed by atoms with Crippen LogP contribution in [-0.4, -0.2) is 20.4 Å². The number of nitrogens with one attached hydrogen (secondary N) is 2. The maximum atomic E-state index is 13.2. The molecule has 3 aromatic rings. The number of hydrogen-bond acceptors (Lipinski definition) is 3. The fraction of sp³-hybridized carbons (Fsp3) is 0.174. The van der Waals surface area contributed by atoms with Gasteiger partial charge in [-0.3, -0.25) is 4.79 Å². The van der Waals surface area contributed by atoms with Gasteiger partial charge in [0.15, 0.2) is 0 Å². The molecule has 31 heavy (non-hydrogen) atoms. The molecule has 3 aromatic carbocycles.